The predicted molar refractivity (Wildman–Crippen MR) is 80.2 cm³/mol. The van der Waals surface area contributed by atoms with Crippen LogP contribution in [-0.2, 0) is 10.3 Å². The lowest BCUT2D eigenvalue weighted by molar-refractivity contribution is -0.0629. The van der Waals surface area contributed by atoms with Crippen LogP contribution in [0.15, 0.2) is 4.79 Å². The van der Waals surface area contributed by atoms with Crippen LogP contribution < -0.4 is 5.56 Å². The zero-order chi connectivity index (χ0) is 13.9. The second kappa shape index (κ2) is 6.21. The molecule has 0 amide bonds. The van der Waals surface area contributed by atoms with Gasteiger partial charge in [-0.25, -0.2) is 0 Å². The zero-order valence-electron chi connectivity index (χ0n) is 11.0. The van der Waals surface area contributed by atoms with Crippen molar-refractivity contribution in [1.82, 2.24) is 9.97 Å². The molecule has 106 valence electrons. The highest BCUT2D eigenvalue weighted by Gasteiger charge is 2.36. The summed E-state index contributed by atoms with van der Waals surface area (Å²) in [5.41, 5.74) is -0.849. The Morgan fingerprint density at radius 3 is 2.53 bits per heavy atom. The molecule has 1 heterocycles. The normalized spacial score (nSPS) is 19.1. The predicted octanol–water partition coefficient (Wildman–Crippen LogP) is 2.67. The number of hydrogen-bond acceptors (Lipinski definition) is 4. The number of H-pyrrole nitrogens is 1. The average Bonchev–Trinajstić information content (AvgIpc) is 2.62. The Morgan fingerprint density at radius 1 is 1.37 bits per heavy atom. The Balaban J connectivity index is 2.45. The molecule has 2 rings (SSSR count). The third kappa shape index (κ3) is 3.10. The highest BCUT2D eigenvalue weighted by atomic mass is 127. The minimum absolute atomic E-state index is 0.206. The summed E-state index contributed by atoms with van der Waals surface area (Å²) < 4.78 is 6.16. The van der Waals surface area contributed by atoms with E-state index in [1.165, 1.54) is 12.8 Å². The molecule has 0 spiro atoms. The number of nitrogens with one attached hydrogen (secondary N) is 1. The molecule has 1 aromatic heterocycles. The van der Waals surface area contributed by atoms with E-state index < -0.39 is 5.60 Å². The van der Waals surface area contributed by atoms with Gasteiger partial charge in [0.15, 0.2) is 0 Å². The van der Waals surface area contributed by atoms with Crippen LogP contribution in [-0.4, -0.2) is 21.7 Å². The summed E-state index contributed by atoms with van der Waals surface area (Å²) in [6.07, 6.45) is 6.13. The third-order valence-corrected chi connectivity index (χ3v) is 4.58. The Labute approximate surface area is 125 Å². The van der Waals surface area contributed by atoms with Crippen LogP contribution in [0.2, 0.25) is 0 Å². The topological polar surface area (TPSA) is 75.2 Å². The molecule has 2 N–H and O–H groups in total. The second-order valence-electron chi connectivity index (χ2n) is 4.89. The standard InChI is InChI=1S/C13H19IN2O3/c1-2-19-13(7-5-3-4-6-8-13)12-15-10(17)9(14)11(18)16-12/h2-8H2,1H3,(H2,15,16,17,18). The van der Waals surface area contributed by atoms with Gasteiger partial charge in [0.1, 0.15) is 15.0 Å². The number of nitrogens with zero attached hydrogens (tertiary/aromatic N) is 1. The summed E-state index contributed by atoms with van der Waals surface area (Å²) in [7, 11) is 0. The van der Waals surface area contributed by atoms with E-state index in [-0.39, 0.29) is 15.0 Å². The van der Waals surface area contributed by atoms with Gasteiger partial charge in [0.05, 0.1) is 0 Å². The lowest BCUT2D eigenvalue weighted by atomic mass is 9.93. The summed E-state index contributed by atoms with van der Waals surface area (Å²) in [5.74, 6) is 0.266. The van der Waals surface area contributed by atoms with Crippen LogP contribution in [0.3, 0.4) is 0 Å². The SMILES string of the molecule is CCOC1(c2nc(O)c(I)c(=O)[nH]2)CCCCCC1. The van der Waals surface area contributed by atoms with E-state index >= 15 is 0 Å². The van der Waals surface area contributed by atoms with Crippen molar-refractivity contribution in [2.75, 3.05) is 6.61 Å². The van der Waals surface area contributed by atoms with Gasteiger partial charge in [0.25, 0.3) is 5.56 Å². The van der Waals surface area contributed by atoms with Crippen molar-refractivity contribution < 1.29 is 9.84 Å². The summed E-state index contributed by atoms with van der Waals surface area (Å²) in [5, 5.41) is 9.77. The van der Waals surface area contributed by atoms with Crippen LogP contribution in [0.4, 0.5) is 0 Å². The van der Waals surface area contributed by atoms with Gasteiger partial charge in [-0.3, -0.25) is 4.79 Å². The van der Waals surface area contributed by atoms with Crippen molar-refractivity contribution in [3.63, 3.8) is 0 Å². The molecule has 1 aliphatic rings. The summed E-state index contributed by atoms with van der Waals surface area (Å²) in [6.45, 7) is 2.51. The van der Waals surface area contributed by atoms with Crippen molar-refractivity contribution in [2.45, 2.75) is 51.0 Å². The Bertz CT molecular complexity index is 493. The molecule has 1 aliphatic carbocycles. The van der Waals surface area contributed by atoms with Crippen molar-refractivity contribution in [2.24, 2.45) is 0 Å². The molecule has 0 bridgehead atoms. The number of halogens is 1. The molecule has 0 aliphatic heterocycles. The van der Waals surface area contributed by atoms with E-state index in [0.29, 0.717) is 12.4 Å². The Hall–Kier alpha value is -0.630. The number of ether oxygens (including phenoxy) is 1. The monoisotopic (exact) mass is 378 g/mol. The Morgan fingerprint density at radius 2 is 2.00 bits per heavy atom. The molecule has 0 atom stereocenters. The fourth-order valence-electron chi connectivity index (χ4n) is 2.69. The van der Waals surface area contributed by atoms with Crippen LogP contribution in [0.1, 0.15) is 51.3 Å². The van der Waals surface area contributed by atoms with Crippen LogP contribution >= 0.6 is 22.6 Å². The maximum absolute atomic E-state index is 11.8. The zero-order valence-corrected chi connectivity index (χ0v) is 13.2. The second-order valence-corrected chi connectivity index (χ2v) is 5.97. The van der Waals surface area contributed by atoms with E-state index in [1.54, 1.807) is 22.6 Å². The van der Waals surface area contributed by atoms with E-state index in [1.807, 2.05) is 6.92 Å². The molecular weight excluding hydrogens is 359 g/mol. The van der Waals surface area contributed by atoms with E-state index in [4.69, 9.17) is 4.74 Å². The molecule has 6 heteroatoms. The van der Waals surface area contributed by atoms with Crippen molar-refractivity contribution >= 4 is 22.6 Å². The molecule has 0 aromatic carbocycles. The molecule has 0 unspecified atom stereocenters. The van der Waals surface area contributed by atoms with Gasteiger partial charge in [-0.2, -0.15) is 4.98 Å². The molecule has 19 heavy (non-hydrogen) atoms. The maximum atomic E-state index is 11.8. The fraction of sp³-hybridized carbons (Fsp3) is 0.692. The number of hydrogen-bond donors (Lipinski definition) is 2. The molecular formula is C13H19IN2O3. The lowest BCUT2D eigenvalue weighted by Crippen LogP contribution is -2.34. The molecule has 5 nitrogen and oxygen atoms in total. The highest BCUT2D eigenvalue weighted by Crippen LogP contribution is 2.38. The van der Waals surface area contributed by atoms with Gasteiger partial charge in [-0.05, 0) is 42.4 Å². The van der Waals surface area contributed by atoms with Gasteiger partial charge in [-0.1, -0.05) is 25.7 Å². The number of aromatic hydroxyl groups is 1. The van der Waals surface area contributed by atoms with Gasteiger partial charge in [-0.15, -0.1) is 0 Å². The smallest absolute Gasteiger partial charge is 0.268 e. The van der Waals surface area contributed by atoms with E-state index in [9.17, 15) is 9.90 Å². The molecule has 1 aromatic rings. The average molecular weight is 378 g/mol. The van der Waals surface area contributed by atoms with Gasteiger partial charge in [0.2, 0.25) is 5.88 Å². The van der Waals surface area contributed by atoms with Gasteiger partial charge < -0.3 is 14.8 Å². The van der Waals surface area contributed by atoms with E-state index in [2.05, 4.69) is 9.97 Å². The van der Waals surface area contributed by atoms with Crippen LogP contribution in [0.25, 0.3) is 0 Å². The Kier molecular flexibility index (Phi) is 4.83. The third-order valence-electron chi connectivity index (χ3n) is 3.61. The number of aromatic amines is 1. The number of aromatic nitrogens is 2. The summed E-state index contributed by atoms with van der Waals surface area (Å²) in [4.78, 5) is 18.8. The molecule has 1 fully saturated rings. The first-order valence-corrected chi connectivity index (χ1v) is 7.80. The minimum atomic E-state index is -0.549. The van der Waals surface area contributed by atoms with Crippen LogP contribution in [0.5, 0.6) is 5.88 Å². The van der Waals surface area contributed by atoms with Gasteiger partial charge in [0, 0.05) is 6.61 Å². The summed E-state index contributed by atoms with van der Waals surface area (Å²) in [6, 6.07) is 0. The van der Waals surface area contributed by atoms with Crippen molar-refractivity contribution in [3.05, 3.63) is 19.7 Å². The first-order valence-electron chi connectivity index (χ1n) is 6.72. The molecule has 1 saturated carbocycles. The van der Waals surface area contributed by atoms with E-state index in [0.717, 1.165) is 25.7 Å². The first-order chi connectivity index (χ1) is 9.09. The highest BCUT2D eigenvalue weighted by molar-refractivity contribution is 14.1. The maximum Gasteiger partial charge on any atom is 0.268 e. The first kappa shape index (κ1) is 14.8. The number of rotatable bonds is 3. The quantitative estimate of drug-likeness (QED) is 0.627. The van der Waals surface area contributed by atoms with Crippen molar-refractivity contribution in [3.8, 4) is 5.88 Å². The van der Waals surface area contributed by atoms with Crippen molar-refractivity contribution in [1.29, 1.82) is 0 Å². The largest absolute Gasteiger partial charge is 0.492 e. The van der Waals surface area contributed by atoms with Crippen LogP contribution in [0, 0.1) is 3.57 Å². The molecule has 0 saturated heterocycles. The minimum Gasteiger partial charge on any atom is -0.492 e. The lowest BCUT2D eigenvalue weighted by Gasteiger charge is -2.31. The van der Waals surface area contributed by atoms with Gasteiger partial charge >= 0.3 is 0 Å². The summed E-state index contributed by atoms with van der Waals surface area (Å²) >= 11 is 1.79. The fourth-order valence-corrected chi connectivity index (χ4v) is 2.94. The molecule has 0 radical (unpaired) electrons.